The van der Waals surface area contributed by atoms with Gasteiger partial charge >= 0.3 is 0 Å². The second kappa shape index (κ2) is 7.67. The maximum Gasteiger partial charge on any atom is 0.283 e. The molecule has 33 heavy (non-hydrogen) atoms. The van der Waals surface area contributed by atoms with Gasteiger partial charge in [-0.1, -0.05) is 13.0 Å². The SMILES string of the molecule is CCC1(c2cc(S(=O)(=O)NC(=O)Cc3c4c(cc5c3CCC5)CCC4)nn2C2CC2)COC1. The molecular formula is C25H31N3O4S. The first-order chi connectivity index (χ1) is 15.9. The van der Waals surface area contributed by atoms with Crippen LogP contribution in [0.4, 0.5) is 0 Å². The summed E-state index contributed by atoms with van der Waals surface area (Å²) < 4.78 is 36.1. The van der Waals surface area contributed by atoms with Gasteiger partial charge in [0.05, 0.1) is 36.8 Å². The zero-order valence-corrected chi connectivity index (χ0v) is 20.0. The van der Waals surface area contributed by atoms with Gasteiger partial charge in [-0.25, -0.2) is 4.72 Å². The molecule has 2 heterocycles. The molecule has 176 valence electrons. The Bertz CT molecular complexity index is 1200. The molecule has 1 saturated carbocycles. The summed E-state index contributed by atoms with van der Waals surface area (Å²) in [5, 5.41) is 4.42. The lowest BCUT2D eigenvalue weighted by molar-refractivity contribution is -0.118. The van der Waals surface area contributed by atoms with Crippen molar-refractivity contribution in [2.45, 2.75) is 87.6 Å². The fourth-order valence-corrected chi connectivity index (χ4v) is 6.86. The highest BCUT2D eigenvalue weighted by atomic mass is 32.2. The molecule has 0 bridgehead atoms. The molecule has 1 saturated heterocycles. The van der Waals surface area contributed by atoms with Crippen LogP contribution >= 0.6 is 0 Å². The predicted molar refractivity (Wildman–Crippen MR) is 123 cm³/mol. The maximum atomic E-state index is 13.2. The van der Waals surface area contributed by atoms with Crippen molar-refractivity contribution in [3.05, 3.63) is 45.6 Å². The summed E-state index contributed by atoms with van der Waals surface area (Å²) in [6.07, 6.45) is 9.28. The summed E-state index contributed by atoms with van der Waals surface area (Å²) in [5.41, 5.74) is 7.06. The number of sulfonamides is 1. The van der Waals surface area contributed by atoms with E-state index in [1.54, 1.807) is 6.07 Å². The molecule has 2 fully saturated rings. The fraction of sp³-hybridized carbons (Fsp3) is 0.600. The van der Waals surface area contributed by atoms with Crippen LogP contribution in [-0.2, 0) is 57.1 Å². The third kappa shape index (κ3) is 3.53. The van der Waals surface area contributed by atoms with Gasteiger partial charge in [-0.2, -0.15) is 13.5 Å². The number of benzene rings is 1. The number of nitrogens with zero attached hydrogens (tertiary/aromatic N) is 2. The largest absolute Gasteiger partial charge is 0.379 e. The lowest BCUT2D eigenvalue weighted by atomic mass is 9.80. The first kappa shape index (κ1) is 21.4. The van der Waals surface area contributed by atoms with Gasteiger partial charge in [-0.3, -0.25) is 9.48 Å². The topological polar surface area (TPSA) is 90.3 Å². The van der Waals surface area contributed by atoms with E-state index in [2.05, 4.69) is 22.8 Å². The molecule has 1 aliphatic heterocycles. The Hall–Kier alpha value is -2.19. The standard InChI is InChI=1S/C25H31N3O4S/c1-2-25(14-32-15-25)22-13-24(26-28(22)18-9-10-18)33(30,31)27-23(29)12-21-19-7-3-5-16(19)11-17-6-4-8-20(17)21/h11,13,18H,2-10,12,14-15H2,1H3,(H,27,29). The minimum absolute atomic E-state index is 0.0546. The summed E-state index contributed by atoms with van der Waals surface area (Å²) in [7, 11) is -4.04. The number of nitrogens with one attached hydrogen (secondary N) is 1. The zero-order chi connectivity index (χ0) is 22.8. The van der Waals surface area contributed by atoms with E-state index in [-0.39, 0.29) is 22.9 Å². The van der Waals surface area contributed by atoms with Gasteiger partial charge in [0.15, 0.2) is 5.03 Å². The molecule has 0 atom stereocenters. The molecule has 1 aromatic heterocycles. The minimum atomic E-state index is -4.04. The maximum absolute atomic E-state index is 13.2. The summed E-state index contributed by atoms with van der Waals surface area (Å²) in [6, 6.07) is 4.23. The summed E-state index contributed by atoms with van der Waals surface area (Å²) in [4.78, 5) is 13.0. The summed E-state index contributed by atoms with van der Waals surface area (Å²) in [6.45, 7) is 3.26. The molecule has 8 heteroatoms. The Labute approximate surface area is 194 Å². The number of carbonyl (C=O) groups is 1. The van der Waals surface area contributed by atoms with Crippen molar-refractivity contribution in [2.24, 2.45) is 0 Å². The number of hydrogen-bond donors (Lipinski definition) is 1. The molecular weight excluding hydrogens is 438 g/mol. The average Bonchev–Trinajstić information content (AvgIpc) is 3.14. The molecule has 1 N–H and O–H groups in total. The van der Waals surface area contributed by atoms with Crippen LogP contribution in [0.2, 0.25) is 0 Å². The Kier molecular flexibility index (Phi) is 4.96. The molecule has 4 aliphatic rings. The Morgan fingerprint density at radius 1 is 1.12 bits per heavy atom. The van der Waals surface area contributed by atoms with Crippen molar-refractivity contribution >= 4 is 15.9 Å². The Morgan fingerprint density at radius 3 is 2.33 bits per heavy atom. The molecule has 1 amide bonds. The van der Waals surface area contributed by atoms with Crippen LogP contribution < -0.4 is 4.72 Å². The van der Waals surface area contributed by atoms with E-state index in [1.165, 1.54) is 22.3 Å². The first-order valence-corrected chi connectivity index (χ1v) is 13.8. The average molecular weight is 470 g/mol. The number of carbonyl (C=O) groups excluding carboxylic acids is 1. The van der Waals surface area contributed by atoms with Crippen molar-refractivity contribution < 1.29 is 17.9 Å². The van der Waals surface area contributed by atoms with E-state index in [1.807, 2.05) is 4.68 Å². The van der Waals surface area contributed by atoms with Crippen LogP contribution in [0.3, 0.4) is 0 Å². The number of amides is 1. The van der Waals surface area contributed by atoms with Crippen LogP contribution in [0.5, 0.6) is 0 Å². The zero-order valence-electron chi connectivity index (χ0n) is 19.2. The van der Waals surface area contributed by atoms with E-state index >= 15 is 0 Å². The van der Waals surface area contributed by atoms with Crippen molar-refractivity contribution in [1.82, 2.24) is 14.5 Å². The third-order valence-corrected chi connectivity index (χ3v) is 9.29. The van der Waals surface area contributed by atoms with Gasteiger partial charge in [0.1, 0.15) is 0 Å². The minimum Gasteiger partial charge on any atom is -0.379 e. The molecule has 2 aromatic rings. The Morgan fingerprint density at radius 2 is 1.79 bits per heavy atom. The lowest BCUT2D eigenvalue weighted by Crippen LogP contribution is -2.47. The van der Waals surface area contributed by atoms with Gasteiger partial charge in [0, 0.05) is 6.07 Å². The van der Waals surface area contributed by atoms with Gasteiger partial charge in [0.25, 0.3) is 10.0 Å². The smallest absolute Gasteiger partial charge is 0.283 e. The molecule has 7 nitrogen and oxygen atoms in total. The molecule has 0 unspecified atom stereocenters. The Balaban J connectivity index is 1.27. The van der Waals surface area contributed by atoms with Crippen LogP contribution in [0.15, 0.2) is 17.2 Å². The quantitative estimate of drug-likeness (QED) is 0.673. The predicted octanol–water partition coefficient (Wildman–Crippen LogP) is 2.92. The van der Waals surface area contributed by atoms with Crippen molar-refractivity contribution in [3.8, 4) is 0 Å². The normalized spacial score (nSPS) is 20.9. The number of rotatable bonds is 7. The number of aromatic nitrogens is 2. The number of fused-ring (bicyclic) bond motifs is 2. The highest BCUT2D eigenvalue weighted by Gasteiger charge is 2.45. The van der Waals surface area contributed by atoms with Crippen LogP contribution in [0.1, 0.15) is 78.6 Å². The first-order valence-electron chi connectivity index (χ1n) is 12.3. The summed E-state index contributed by atoms with van der Waals surface area (Å²) >= 11 is 0. The number of hydrogen-bond acceptors (Lipinski definition) is 5. The van der Waals surface area contributed by atoms with Gasteiger partial charge in [-0.15, -0.1) is 0 Å². The van der Waals surface area contributed by atoms with Crippen molar-refractivity contribution in [3.63, 3.8) is 0 Å². The van der Waals surface area contributed by atoms with Gasteiger partial charge < -0.3 is 4.74 Å². The van der Waals surface area contributed by atoms with E-state index in [0.717, 1.165) is 69.0 Å². The van der Waals surface area contributed by atoms with E-state index in [9.17, 15) is 13.2 Å². The highest BCUT2D eigenvalue weighted by molar-refractivity contribution is 7.90. The van der Waals surface area contributed by atoms with Crippen LogP contribution in [0, 0.1) is 0 Å². The van der Waals surface area contributed by atoms with Gasteiger partial charge in [-0.05, 0) is 85.6 Å². The molecule has 6 rings (SSSR count). The van der Waals surface area contributed by atoms with Crippen molar-refractivity contribution in [1.29, 1.82) is 0 Å². The molecule has 0 radical (unpaired) electrons. The molecule has 3 aliphatic carbocycles. The second-order valence-electron chi connectivity index (χ2n) is 10.2. The third-order valence-electron chi connectivity index (χ3n) is 8.04. The summed E-state index contributed by atoms with van der Waals surface area (Å²) in [5.74, 6) is -0.468. The number of ether oxygens (including phenoxy) is 1. The van der Waals surface area contributed by atoms with Gasteiger partial charge in [0.2, 0.25) is 5.91 Å². The second-order valence-corrected chi connectivity index (χ2v) is 11.8. The van der Waals surface area contributed by atoms with E-state index in [0.29, 0.717) is 13.2 Å². The van der Waals surface area contributed by atoms with Crippen molar-refractivity contribution in [2.75, 3.05) is 13.2 Å². The van der Waals surface area contributed by atoms with Crippen LogP contribution in [0.25, 0.3) is 0 Å². The number of aryl methyl sites for hydroxylation is 2. The monoisotopic (exact) mass is 469 g/mol. The van der Waals surface area contributed by atoms with E-state index < -0.39 is 15.9 Å². The fourth-order valence-electron chi connectivity index (χ4n) is 5.93. The van der Waals surface area contributed by atoms with E-state index in [4.69, 9.17) is 4.74 Å². The highest BCUT2D eigenvalue weighted by Crippen LogP contribution is 2.43. The van der Waals surface area contributed by atoms with Crippen LogP contribution in [-0.4, -0.2) is 37.3 Å². The molecule has 0 spiro atoms. The lowest BCUT2D eigenvalue weighted by Gasteiger charge is -2.41. The molecule has 1 aromatic carbocycles.